The number of halogens is 2. The Hall–Kier alpha value is -2.22. The number of morpholine rings is 1. The molecule has 1 aromatic carbocycles. The lowest BCUT2D eigenvalue weighted by Crippen LogP contribution is -2.50. The fourth-order valence-corrected chi connectivity index (χ4v) is 3.82. The van der Waals surface area contributed by atoms with E-state index >= 15 is 0 Å². The molecule has 2 saturated heterocycles. The molecule has 0 spiro atoms. The summed E-state index contributed by atoms with van der Waals surface area (Å²) in [6, 6.07) is 3.49. The Morgan fingerprint density at radius 1 is 1.17 bits per heavy atom. The number of carbonyl (C=O) groups is 1. The summed E-state index contributed by atoms with van der Waals surface area (Å²) in [4.78, 5) is 21.3. The van der Waals surface area contributed by atoms with Crippen molar-refractivity contribution in [2.24, 2.45) is 10.9 Å². The zero-order valence-electron chi connectivity index (χ0n) is 17.0. The van der Waals surface area contributed by atoms with E-state index in [0.29, 0.717) is 44.8 Å². The fourth-order valence-electron chi connectivity index (χ4n) is 3.82. The normalized spacial score (nSPS) is 18.8. The van der Waals surface area contributed by atoms with Gasteiger partial charge in [0.15, 0.2) is 5.96 Å². The zero-order valence-corrected chi connectivity index (χ0v) is 17.0. The van der Waals surface area contributed by atoms with E-state index in [4.69, 9.17) is 4.74 Å². The van der Waals surface area contributed by atoms with Crippen LogP contribution in [0.4, 0.5) is 8.78 Å². The average Bonchev–Trinajstić information content (AvgIpc) is 2.76. The molecule has 0 unspecified atom stereocenters. The van der Waals surface area contributed by atoms with Crippen molar-refractivity contribution < 1.29 is 18.3 Å². The Morgan fingerprint density at radius 2 is 1.90 bits per heavy atom. The molecule has 0 saturated carbocycles. The summed E-state index contributed by atoms with van der Waals surface area (Å²) in [5, 5.41) is 3.27. The minimum atomic E-state index is -0.440. The number of rotatable bonds is 5. The molecule has 1 N–H and O–H groups in total. The van der Waals surface area contributed by atoms with Gasteiger partial charge in [-0.15, -0.1) is 0 Å². The van der Waals surface area contributed by atoms with Gasteiger partial charge in [0.25, 0.3) is 0 Å². The molecule has 2 fully saturated rings. The van der Waals surface area contributed by atoms with Crippen molar-refractivity contribution in [2.75, 3.05) is 52.5 Å². The van der Waals surface area contributed by atoms with Gasteiger partial charge in [-0.1, -0.05) is 0 Å². The summed E-state index contributed by atoms with van der Waals surface area (Å²) in [7, 11) is 0. The molecule has 0 bridgehead atoms. The molecule has 0 aliphatic carbocycles. The largest absolute Gasteiger partial charge is 0.378 e. The molecule has 0 radical (unpaired) electrons. The lowest BCUT2D eigenvalue weighted by Gasteiger charge is -2.36. The highest BCUT2D eigenvalue weighted by Crippen LogP contribution is 2.20. The topological polar surface area (TPSA) is 57.2 Å². The van der Waals surface area contributed by atoms with E-state index in [0.717, 1.165) is 50.6 Å². The van der Waals surface area contributed by atoms with Crippen LogP contribution in [0, 0.1) is 17.6 Å². The van der Waals surface area contributed by atoms with Crippen LogP contribution in [0.5, 0.6) is 0 Å². The van der Waals surface area contributed by atoms with Crippen LogP contribution in [0.25, 0.3) is 0 Å². The van der Waals surface area contributed by atoms with Crippen molar-refractivity contribution in [2.45, 2.75) is 26.2 Å². The van der Waals surface area contributed by atoms with Gasteiger partial charge < -0.3 is 19.9 Å². The molecule has 2 aliphatic heterocycles. The summed E-state index contributed by atoms with van der Waals surface area (Å²) in [6.07, 6.45) is 1.92. The van der Waals surface area contributed by atoms with Crippen LogP contribution in [0.15, 0.2) is 23.2 Å². The molecular weight excluding hydrogens is 378 g/mol. The third-order valence-corrected chi connectivity index (χ3v) is 5.45. The summed E-state index contributed by atoms with van der Waals surface area (Å²) in [5.41, 5.74) is 0.333. The Balaban J connectivity index is 1.53. The second-order valence-corrected chi connectivity index (χ2v) is 7.42. The van der Waals surface area contributed by atoms with Crippen molar-refractivity contribution in [3.63, 3.8) is 0 Å². The maximum Gasteiger partial charge on any atom is 0.225 e. The summed E-state index contributed by atoms with van der Waals surface area (Å²) in [6.45, 7) is 7.19. The van der Waals surface area contributed by atoms with Crippen LogP contribution >= 0.6 is 0 Å². The average molecular weight is 408 g/mol. The highest BCUT2D eigenvalue weighted by molar-refractivity contribution is 5.82. The molecule has 3 rings (SSSR count). The molecule has 160 valence electrons. The van der Waals surface area contributed by atoms with Crippen LogP contribution in [-0.2, 0) is 16.0 Å². The first-order valence-electron chi connectivity index (χ1n) is 10.4. The lowest BCUT2D eigenvalue weighted by molar-refractivity contribution is -0.140. The summed E-state index contributed by atoms with van der Waals surface area (Å²) >= 11 is 0. The van der Waals surface area contributed by atoms with Crippen molar-refractivity contribution in [1.82, 2.24) is 15.1 Å². The Bertz CT molecular complexity index is 715. The smallest absolute Gasteiger partial charge is 0.225 e. The van der Waals surface area contributed by atoms with Gasteiger partial charge in [-0.25, -0.2) is 8.78 Å². The predicted octanol–water partition coefficient (Wildman–Crippen LogP) is 2.04. The Kier molecular flexibility index (Phi) is 7.80. The van der Waals surface area contributed by atoms with E-state index < -0.39 is 11.6 Å². The number of amides is 1. The van der Waals surface area contributed by atoms with Crippen molar-refractivity contribution in [1.29, 1.82) is 0 Å². The van der Waals surface area contributed by atoms with Crippen LogP contribution in [0.3, 0.4) is 0 Å². The standard InChI is InChI=1S/C21H30F2N4O2/c1-2-24-21(25-8-5-17-15-18(22)3-4-19(17)23)27-9-6-16(7-10-27)20(28)26-11-13-29-14-12-26/h3-4,15-16H,2,5-14H2,1H3,(H,24,25). The Labute approximate surface area is 170 Å². The van der Waals surface area contributed by atoms with E-state index in [2.05, 4.69) is 15.2 Å². The first-order chi connectivity index (χ1) is 14.1. The first-order valence-corrected chi connectivity index (χ1v) is 10.4. The van der Waals surface area contributed by atoms with Crippen LogP contribution in [0.2, 0.25) is 0 Å². The van der Waals surface area contributed by atoms with Crippen molar-refractivity contribution in [3.8, 4) is 0 Å². The van der Waals surface area contributed by atoms with Crippen LogP contribution < -0.4 is 5.32 Å². The quantitative estimate of drug-likeness (QED) is 0.599. The number of likely N-dealkylation sites (tertiary alicyclic amines) is 1. The third kappa shape index (κ3) is 5.88. The SMILES string of the molecule is CCNC(=NCCc1cc(F)ccc1F)N1CCC(C(=O)N2CCOCC2)CC1. The van der Waals surface area contributed by atoms with E-state index in [1.165, 1.54) is 6.07 Å². The summed E-state index contributed by atoms with van der Waals surface area (Å²) in [5.74, 6) is 0.199. The highest BCUT2D eigenvalue weighted by Gasteiger charge is 2.30. The number of nitrogens with one attached hydrogen (secondary N) is 1. The first kappa shape index (κ1) is 21.5. The van der Waals surface area contributed by atoms with Gasteiger partial charge in [0.2, 0.25) is 5.91 Å². The zero-order chi connectivity index (χ0) is 20.6. The number of benzene rings is 1. The second kappa shape index (κ2) is 10.5. The molecule has 0 atom stereocenters. The van der Waals surface area contributed by atoms with Crippen LogP contribution in [0.1, 0.15) is 25.3 Å². The molecule has 1 aromatic rings. The van der Waals surface area contributed by atoms with Crippen molar-refractivity contribution >= 4 is 11.9 Å². The van der Waals surface area contributed by atoms with Gasteiger partial charge in [-0.05, 0) is 49.9 Å². The third-order valence-electron chi connectivity index (χ3n) is 5.45. The van der Waals surface area contributed by atoms with Gasteiger partial charge in [0.1, 0.15) is 11.6 Å². The molecule has 2 aliphatic rings. The highest BCUT2D eigenvalue weighted by atomic mass is 19.1. The molecule has 8 heteroatoms. The molecule has 2 heterocycles. The minimum absolute atomic E-state index is 0.0496. The molecule has 29 heavy (non-hydrogen) atoms. The number of piperidine rings is 1. The molecule has 6 nitrogen and oxygen atoms in total. The number of nitrogens with zero attached hydrogens (tertiary/aromatic N) is 3. The molecular formula is C21H30F2N4O2. The van der Waals surface area contributed by atoms with Crippen LogP contribution in [-0.4, -0.2) is 74.1 Å². The van der Waals surface area contributed by atoms with E-state index in [1.54, 1.807) is 0 Å². The lowest BCUT2D eigenvalue weighted by atomic mass is 9.95. The van der Waals surface area contributed by atoms with Gasteiger partial charge in [-0.3, -0.25) is 9.79 Å². The summed E-state index contributed by atoms with van der Waals surface area (Å²) < 4.78 is 32.4. The van der Waals surface area contributed by atoms with Gasteiger partial charge in [-0.2, -0.15) is 0 Å². The predicted molar refractivity (Wildman–Crippen MR) is 108 cm³/mol. The second-order valence-electron chi connectivity index (χ2n) is 7.42. The monoisotopic (exact) mass is 408 g/mol. The number of hydrogen-bond acceptors (Lipinski definition) is 3. The molecule has 1 amide bonds. The van der Waals surface area contributed by atoms with Gasteiger partial charge >= 0.3 is 0 Å². The molecule has 0 aromatic heterocycles. The fraction of sp³-hybridized carbons (Fsp3) is 0.619. The van der Waals surface area contributed by atoms with Gasteiger partial charge in [0, 0.05) is 45.2 Å². The minimum Gasteiger partial charge on any atom is -0.378 e. The van der Waals surface area contributed by atoms with E-state index in [9.17, 15) is 13.6 Å². The maximum absolute atomic E-state index is 13.8. The maximum atomic E-state index is 13.8. The Morgan fingerprint density at radius 3 is 2.59 bits per heavy atom. The number of hydrogen-bond donors (Lipinski definition) is 1. The number of aliphatic imine (C=N–C) groups is 1. The van der Waals surface area contributed by atoms with E-state index in [-0.39, 0.29) is 11.8 Å². The number of ether oxygens (including phenoxy) is 1. The van der Waals surface area contributed by atoms with Gasteiger partial charge in [0.05, 0.1) is 13.2 Å². The van der Waals surface area contributed by atoms with E-state index in [1.807, 2.05) is 11.8 Å². The number of guanidine groups is 1. The number of carbonyl (C=O) groups excluding carboxylic acids is 1. The van der Waals surface area contributed by atoms with Crippen molar-refractivity contribution in [3.05, 3.63) is 35.4 Å².